The Hall–Kier alpha value is -0.810. The maximum atomic E-state index is 8.62. The number of benzene rings is 1. The molecule has 0 spiro atoms. The molecule has 0 atom stereocenters. The van der Waals surface area contributed by atoms with E-state index >= 15 is 0 Å². The van der Waals surface area contributed by atoms with Gasteiger partial charge in [0.15, 0.2) is 0 Å². The van der Waals surface area contributed by atoms with Crippen LogP contribution in [0, 0.1) is 0 Å². The number of nitrogens with one attached hydrogen (secondary N) is 2. The molecule has 0 aliphatic heterocycles. The minimum atomic E-state index is 0.188. The van der Waals surface area contributed by atoms with Crippen LogP contribution in [-0.4, -0.2) is 38.0 Å². The third kappa shape index (κ3) is 6.78. The van der Waals surface area contributed by atoms with Crippen LogP contribution in [0.4, 0.5) is 0 Å². The Kier molecular flexibility index (Phi) is 8.58. The topological polar surface area (TPSA) is 53.5 Å². The molecule has 3 N–H and O–H groups in total. The molecule has 0 aliphatic rings. The van der Waals surface area contributed by atoms with E-state index in [0.29, 0.717) is 13.2 Å². The SMILES string of the molecule is CCOc1ccc(Cl)cc1CNCCCNCCO. The number of halogens is 1. The van der Waals surface area contributed by atoms with Gasteiger partial charge in [0.05, 0.1) is 13.2 Å². The van der Waals surface area contributed by atoms with Crippen molar-refractivity contribution in [2.75, 3.05) is 32.8 Å². The lowest BCUT2D eigenvalue weighted by atomic mass is 10.2. The fraction of sp³-hybridized carbons (Fsp3) is 0.571. The molecule has 0 aromatic heterocycles. The highest BCUT2D eigenvalue weighted by atomic mass is 35.5. The summed E-state index contributed by atoms with van der Waals surface area (Å²) in [6.45, 7) is 6.03. The van der Waals surface area contributed by atoms with Gasteiger partial charge in [-0.25, -0.2) is 0 Å². The maximum absolute atomic E-state index is 8.62. The van der Waals surface area contributed by atoms with E-state index < -0.39 is 0 Å². The molecule has 0 bridgehead atoms. The van der Waals surface area contributed by atoms with Crippen molar-refractivity contribution in [1.82, 2.24) is 10.6 Å². The van der Waals surface area contributed by atoms with Crippen LogP contribution in [0.1, 0.15) is 18.9 Å². The van der Waals surface area contributed by atoms with Gasteiger partial charge in [0.25, 0.3) is 0 Å². The third-order valence-electron chi connectivity index (χ3n) is 2.63. The van der Waals surface area contributed by atoms with Crippen molar-refractivity contribution in [1.29, 1.82) is 0 Å². The van der Waals surface area contributed by atoms with Crippen molar-refractivity contribution < 1.29 is 9.84 Å². The molecule has 0 aliphatic carbocycles. The Morgan fingerprint density at radius 1 is 1.21 bits per heavy atom. The van der Waals surface area contributed by atoms with Gasteiger partial charge in [-0.05, 0) is 44.6 Å². The molecule has 0 unspecified atom stereocenters. The van der Waals surface area contributed by atoms with Crippen LogP contribution < -0.4 is 15.4 Å². The van der Waals surface area contributed by atoms with Crippen LogP contribution in [0.3, 0.4) is 0 Å². The molecule has 0 amide bonds. The van der Waals surface area contributed by atoms with Crippen molar-refractivity contribution in [2.45, 2.75) is 19.9 Å². The summed E-state index contributed by atoms with van der Waals surface area (Å²) in [4.78, 5) is 0. The number of rotatable bonds is 10. The van der Waals surface area contributed by atoms with Crippen molar-refractivity contribution >= 4 is 11.6 Å². The first-order valence-corrected chi connectivity index (χ1v) is 7.09. The molecule has 0 heterocycles. The molecule has 0 saturated heterocycles. The first-order chi connectivity index (χ1) is 9.27. The highest BCUT2D eigenvalue weighted by molar-refractivity contribution is 6.30. The summed E-state index contributed by atoms with van der Waals surface area (Å²) in [6, 6.07) is 5.68. The van der Waals surface area contributed by atoms with Crippen LogP contribution in [0.25, 0.3) is 0 Å². The van der Waals surface area contributed by atoms with Crippen molar-refractivity contribution in [2.24, 2.45) is 0 Å². The molecular weight excluding hydrogens is 264 g/mol. The van der Waals surface area contributed by atoms with E-state index in [9.17, 15) is 0 Å². The summed E-state index contributed by atoms with van der Waals surface area (Å²) in [5.74, 6) is 0.887. The number of aliphatic hydroxyl groups is 1. The molecule has 1 rings (SSSR count). The minimum absolute atomic E-state index is 0.188. The van der Waals surface area contributed by atoms with Crippen molar-refractivity contribution in [3.05, 3.63) is 28.8 Å². The monoisotopic (exact) mass is 286 g/mol. The fourth-order valence-corrected chi connectivity index (χ4v) is 1.94. The second kappa shape index (κ2) is 10.0. The predicted octanol–water partition coefficient (Wildman–Crippen LogP) is 1.80. The third-order valence-corrected chi connectivity index (χ3v) is 2.87. The van der Waals surface area contributed by atoms with Gasteiger partial charge in [0, 0.05) is 23.7 Å². The van der Waals surface area contributed by atoms with Gasteiger partial charge in [-0.1, -0.05) is 11.6 Å². The Bertz CT molecular complexity index is 361. The first kappa shape index (κ1) is 16.2. The molecular formula is C14H23ClN2O2. The number of hydrogen-bond acceptors (Lipinski definition) is 4. The molecule has 19 heavy (non-hydrogen) atoms. The molecule has 4 nitrogen and oxygen atoms in total. The number of ether oxygens (including phenoxy) is 1. The van der Waals surface area contributed by atoms with Crippen LogP contribution in [0.2, 0.25) is 5.02 Å². The van der Waals surface area contributed by atoms with Gasteiger partial charge in [-0.3, -0.25) is 0 Å². The van der Waals surface area contributed by atoms with Crippen LogP contribution >= 0.6 is 11.6 Å². The average Bonchev–Trinajstić information content (AvgIpc) is 2.41. The minimum Gasteiger partial charge on any atom is -0.494 e. The smallest absolute Gasteiger partial charge is 0.123 e. The van der Waals surface area contributed by atoms with Gasteiger partial charge in [0.1, 0.15) is 5.75 Å². The van der Waals surface area contributed by atoms with Gasteiger partial charge in [-0.2, -0.15) is 0 Å². The molecule has 0 radical (unpaired) electrons. The van der Waals surface area contributed by atoms with E-state index in [4.69, 9.17) is 21.4 Å². The summed E-state index contributed by atoms with van der Waals surface area (Å²) in [5.41, 5.74) is 1.08. The summed E-state index contributed by atoms with van der Waals surface area (Å²) >= 11 is 6.00. The lowest BCUT2D eigenvalue weighted by molar-refractivity contribution is 0.292. The maximum Gasteiger partial charge on any atom is 0.123 e. The van der Waals surface area contributed by atoms with Gasteiger partial charge in [-0.15, -0.1) is 0 Å². The van der Waals surface area contributed by atoms with E-state index in [1.165, 1.54) is 0 Å². The standard InChI is InChI=1S/C14H23ClN2O2/c1-2-19-14-5-4-13(15)10-12(14)11-17-7-3-6-16-8-9-18/h4-5,10,16-18H,2-3,6-9,11H2,1H3. The van der Waals surface area contributed by atoms with Gasteiger partial charge < -0.3 is 20.5 Å². The summed E-state index contributed by atoms with van der Waals surface area (Å²) < 4.78 is 5.56. The lowest BCUT2D eigenvalue weighted by Crippen LogP contribution is -2.24. The normalized spacial score (nSPS) is 10.7. The second-order valence-corrected chi connectivity index (χ2v) is 4.63. The largest absolute Gasteiger partial charge is 0.494 e. The first-order valence-electron chi connectivity index (χ1n) is 6.71. The number of hydrogen-bond donors (Lipinski definition) is 3. The van der Waals surface area contributed by atoms with E-state index in [2.05, 4.69) is 10.6 Å². The van der Waals surface area contributed by atoms with Gasteiger partial charge >= 0.3 is 0 Å². The zero-order chi connectivity index (χ0) is 13.9. The van der Waals surface area contributed by atoms with E-state index in [1.54, 1.807) is 0 Å². The molecule has 1 aromatic carbocycles. The Morgan fingerprint density at radius 2 is 2.00 bits per heavy atom. The average molecular weight is 287 g/mol. The Morgan fingerprint density at radius 3 is 2.74 bits per heavy atom. The van der Waals surface area contributed by atoms with Crippen LogP contribution in [0.5, 0.6) is 5.75 Å². The highest BCUT2D eigenvalue weighted by Crippen LogP contribution is 2.22. The molecule has 5 heteroatoms. The molecule has 108 valence electrons. The molecule has 1 aromatic rings. The lowest BCUT2D eigenvalue weighted by Gasteiger charge is -2.11. The van der Waals surface area contributed by atoms with E-state index in [1.807, 2.05) is 25.1 Å². The Labute approximate surface area is 120 Å². The summed E-state index contributed by atoms with van der Waals surface area (Å²) in [6.07, 6.45) is 1.02. The van der Waals surface area contributed by atoms with Crippen LogP contribution in [-0.2, 0) is 6.54 Å². The second-order valence-electron chi connectivity index (χ2n) is 4.19. The quantitative estimate of drug-likeness (QED) is 0.574. The molecule has 0 fully saturated rings. The predicted molar refractivity (Wildman–Crippen MR) is 78.9 cm³/mol. The highest BCUT2D eigenvalue weighted by Gasteiger charge is 2.03. The van der Waals surface area contributed by atoms with Crippen molar-refractivity contribution in [3.8, 4) is 5.75 Å². The zero-order valence-corrected chi connectivity index (χ0v) is 12.2. The summed E-state index contributed by atoms with van der Waals surface area (Å²) in [7, 11) is 0. The van der Waals surface area contributed by atoms with Gasteiger partial charge in [0.2, 0.25) is 0 Å². The molecule has 0 saturated carbocycles. The number of aliphatic hydroxyl groups excluding tert-OH is 1. The van der Waals surface area contributed by atoms with Crippen LogP contribution in [0.15, 0.2) is 18.2 Å². The van der Waals surface area contributed by atoms with E-state index in [-0.39, 0.29) is 6.61 Å². The fourth-order valence-electron chi connectivity index (χ4n) is 1.75. The Balaban J connectivity index is 2.29. The summed E-state index contributed by atoms with van der Waals surface area (Å²) in [5, 5.41) is 15.8. The zero-order valence-electron chi connectivity index (χ0n) is 11.4. The van der Waals surface area contributed by atoms with E-state index in [0.717, 1.165) is 42.4 Å². The van der Waals surface area contributed by atoms with Crippen molar-refractivity contribution in [3.63, 3.8) is 0 Å².